The van der Waals surface area contributed by atoms with Crippen LogP contribution >= 0.6 is 0 Å². The topological polar surface area (TPSA) is 66.6 Å². The summed E-state index contributed by atoms with van der Waals surface area (Å²) in [6.07, 6.45) is 0. The second kappa shape index (κ2) is 6.32. The van der Waals surface area contributed by atoms with Crippen molar-refractivity contribution >= 4 is 9.84 Å². The van der Waals surface area contributed by atoms with Crippen molar-refractivity contribution < 1.29 is 8.42 Å². The van der Waals surface area contributed by atoms with Crippen LogP contribution in [0.25, 0.3) is 0 Å². The third kappa shape index (κ3) is 4.84. The van der Waals surface area contributed by atoms with Crippen molar-refractivity contribution in [2.45, 2.75) is 25.9 Å². The van der Waals surface area contributed by atoms with Gasteiger partial charge in [-0.05, 0) is 20.0 Å². The lowest BCUT2D eigenvalue weighted by atomic mass is 10.1. The highest BCUT2D eigenvalue weighted by molar-refractivity contribution is 7.91. The molecule has 0 aliphatic carbocycles. The first kappa shape index (κ1) is 15.9. The molecule has 1 aliphatic rings. The molecule has 0 aromatic heterocycles. The monoisotopic (exact) mass is 277 g/mol. The zero-order valence-electron chi connectivity index (χ0n) is 12.0. The molecule has 1 aliphatic heterocycles. The van der Waals surface area contributed by atoms with E-state index in [-0.39, 0.29) is 23.6 Å². The SMILES string of the molecule is CC(C)CN(CCN(C)C)C1CS(=O)(=O)CC1N. The Bertz CT molecular complexity index is 354. The van der Waals surface area contributed by atoms with Crippen LogP contribution in [0.15, 0.2) is 0 Å². The summed E-state index contributed by atoms with van der Waals surface area (Å²) in [5, 5.41) is 0. The van der Waals surface area contributed by atoms with E-state index in [9.17, 15) is 8.42 Å². The molecule has 18 heavy (non-hydrogen) atoms. The van der Waals surface area contributed by atoms with Crippen LogP contribution < -0.4 is 5.73 Å². The quantitative estimate of drug-likeness (QED) is 0.717. The summed E-state index contributed by atoms with van der Waals surface area (Å²) >= 11 is 0. The third-order valence-electron chi connectivity index (χ3n) is 3.27. The van der Waals surface area contributed by atoms with E-state index in [4.69, 9.17) is 5.73 Å². The molecular weight excluding hydrogens is 250 g/mol. The van der Waals surface area contributed by atoms with Crippen LogP contribution in [0.2, 0.25) is 0 Å². The Kier molecular flexibility index (Phi) is 5.58. The van der Waals surface area contributed by atoms with Gasteiger partial charge in [0.2, 0.25) is 0 Å². The van der Waals surface area contributed by atoms with Crippen LogP contribution in [0.4, 0.5) is 0 Å². The predicted octanol–water partition coefficient (Wildman–Crippen LogP) is -0.370. The predicted molar refractivity (Wildman–Crippen MR) is 75.4 cm³/mol. The van der Waals surface area contributed by atoms with E-state index in [1.54, 1.807) is 0 Å². The maximum absolute atomic E-state index is 11.7. The molecule has 0 spiro atoms. The number of hydrogen-bond acceptors (Lipinski definition) is 5. The molecule has 0 aromatic rings. The Labute approximate surface area is 111 Å². The Balaban J connectivity index is 2.70. The highest BCUT2D eigenvalue weighted by Gasteiger charge is 2.38. The molecule has 1 rings (SSSR count). The zero-order valence-corrected chi connectivity index (χ0v) is 12.8. The van der Waals surface area contributed by atoms with E-state index in [2.05, 4.69) is 23.6 Å². The highest BCUT2D eigenvalue weighted by atomic mass is 32.2. The van der Waals surface area contributed by atoms with Gasteiger partial charge < -0.3 is 10.6 Å². The van der Waals surface area contributed by atoms with Gasteiger partial charge in [0.15, 0.2) is 9.84 Å². The summed E-state index contributed by atoms with van der Waals surface area (Å²) in [6, 6.07) is -0.256. The normalized spacial score (nSPS) is 27.6. The Morgan fingerprint density at radius 1 is 1.22 bits per heavy atom. The van der Waals surface area contributed by atoms with E-state index < -0.39 is 9.84 Å². The molecule has 0 bridgehead atoms. The largest absolute Gasteiger partial charge is 0.325 e. The molecule has 0 radical (unpaired) electrons. The van der Waals surface area contributed by atoms with E-state index in [1.165, 1.54) is 0 Å². The van der Waals surface area contributed by atoms with Crippen LogP contribution in [0, 0.1) is 5.92 Å². The maximum atomic E-state index is 11.7. The molecule has 0 saturated carbocycles. The zero-order chi connectivity index (χ0) is 13.9. The minimum atomic E-state index is -2.94. The summed E-state index contributed by atoms with van der Waals surface area (Å²) in [6.45, 7) is 7.01. The number of hydrogen-bond donors (Lipinski definition) is 1. The standard InChI is InChI=1S/C12H27N3O2S/c1-10(2)7-15(6-5-14(3)4)12-9-18(16,17)8-11(12)13/h10-12H,5-9,13H2,1-4H3. The van der Waals surface area contributed by atoms with Crippen molar-refractivity contribution in [3.8, 4) is 0 Å². The summed E-state index contributed by atoms with van der Waals surface area (Å²) in [5.41, 5.74) is 6.00. The van der Waals surface area contributed by atoms with Crippen molar-refractivity contribution in [1.29, 1.82) is 0 Å². The smallest absolute Gasteiger partial charge is 0.153 e. The van der Waals surface area contributed by atoms with Crippen LogP contribution in [-0.2, 0) is 9.84 Å². The van der Waals surface area contributed by atoms with Gasteiger partial charge in [0.25, 0.3) is 0 Å². The molecule has 2 atom stereocenters. The van der Waals surface area contributed by atoms with Crippen LogP contribution in [-0.4, -0.2) is 75.5 Å². The highest BCUT2D eigenvalue weighted by Crippen LogP contribution is 2.18. The molecule has 1 saturated heterocycles. The molecule has 6 heteroatoms. The number of nitrogens with zero attached hydrogens (tertiary/aromatic N) is 2. The summed E-state index contributed by atoms with van der Waals surface area (Å²) in [5.74, 6) is 0.866. The Hall–Kier alpha value is -0.170. The van der Waals surface area contributed by atoms with Gasteiger partial charge in [0, 0.05) is 31.7 Å². The number of sulfone groups is 1. The van der Waals surface area contributed by atoms with Crippen LogP contribution in [0.3, 0.4) is 0 Å². The fourth-order valence-corrected chi connectivity index (χ4v) is 4.35. The first-order chi connectivity index (χ1) is 8.21. The van der Waals surface area contributed by atoms with Gasteiger partial charge in [0.1, 0.15) is 0 Å². The molecule has 1 heterocycles. The summed E-state index contributed by atoms with van der Waals surface area (Å²) in [7, 11) is 1.11. The number of nitrogens with two attached hydrogens (primary N) is 1. The first-order valence-corrected chi connectivity index (χ1v) is 8.38. The van der Waals surface area contributed by atoms with Crippen molar-refractivity contribution in [2.75, 3.05) is 45.2 Å². The molecule has 5 nitrogen and oxygen atoms in total. The van der Waals surface area contributed by atoms with Gasteiger partial charge >= 0.3 is 0 Å². The Morgan fingerprint density at radius 3 is 2.22 bits per heavy atom. The van der Waals surface area contributed by atoms with Crippen molar-refractivity contribution in [1.82, 2.24) is 9.80 Å². The minimum Gasteiger partial charge on any atom is -0.325 e. The fourth-order valence-electron chi connectivity index (χ4n) is 2.42. The van der Waals surface area contributed by atoms with Gasteiger partial charge in [-0.3, -0.25) is 4.90 Å². The second-order valence-corrected chi connectivity index (χ2v) is 8.15. The Morgan fingerprint density at radius 2 is 1.83 bits per heavy atom. The van der Waals surface area contributed by atoms with Crippen LogP contribution in [0.5, 0.6) is 0 Å². The van der Waals surface area contributed by atoms with E-state index in [1.807, 2.05) is 14.1 Å². The van der Waals surface area contributed by atoms with Crippen molar-refractivity contribution in [2.24, 2.45) is 11.7 Å². The third-order valence-corrected chi connectivity index (χ3v) is 5.01. The van der Waals surface area contributed by atoms with E-state index in [0.717, 1.165) is 19.6 Å². The summed E-state index contributed by atoms with van der Waals surface area (Å²) < 4.78 is 23.3. The van der Waals surface area contributed by atoms with Gasteiger partial charge in [-0.1, -0.05) is 13.8 Å². The fraction of sp³-hybridized carbons (Fsp3) is 1.00. The lowest BCUT2D eigenvalue weighted by Gasteiger charge is -2.32. The van der Waals surface area contributed by atoms with Crippen molar-refractivity contribution in [3.05, 3.63) is 0 Å². The van der Waals surface area contributed by atoms with Crippen molar-refractivity contribution in [3.63, 3.8) is 0 Å². The number of likely N-dealkylation sites (N-methyl/N-ethyl adjacent to an activating group) is 1. The van der Waals surface area contributed by atoms with Gasteiger partial charge in [-0.2, -0.15) is 0 Å². The average Bonchev–Trinajstić information content (AvgIpc) is 2.46. The number of rotatable bonds is 6. The summed E-state index contributed by atoms with van der Waals surface area (Å²) in [4.78, 5) is 4.36. The van der Waals surface area contributed by atoms with Gasteiger partial charge in [-0.25, -0.2) is 8.42 Å². The molecule has 1 fully saturated rings. The molecule has 0 amide bonds. The lowest BCUT2D eigenvalue weighted by molar-refractivity contribution is 0.162. The van der Waals surface area contributed by atoms with Crippen LogP contribution in [0.1, 0.15) is 13.8 Å². The molecule has 2 N–H and O–H groups in total. The molecular formula is C12H27N3O2S. The second-order valence-electron chi connectivity index (χ2n) is 6.00. The molecule has 108 valence electrons. The van der Waals surface area contributed by atoms with Gasteiger partial charge in [0.05, 0.1) is 11.5 Å². The average molecular weight is 277 g/mol. The maximum Gasteiger partial charge on any atom is 0.153 e. The van der Waals surface area contributed by atoms with E-state index in [0.29, 0.717) is 5.92 Å². The van der Waals surface area contributed by atoms with E-state index >= 15 is 0 Å². The lowest BCUT2D eigenvalue weighted by Crippen LogP contribution is -2.50. The molecule has 0 aromatic carbocycles. The molecule has 2 unspecified atom stereocenters. The minimum absolute atomic E-state index is 0.0163. The first-order valence-electron chi connectivity index (χ1n) is 6.56. The van der Waals surface area contributed by atoms with Gasteiger partial charge in [-0.15, -0.1) is 0 Å².